The number of amides is 1. The molecule has 3 heterocycles. The number of anilines is 1. The number of carbonyl (C=O) groups is 1. The van der Waals surface area contributed by atoms with E-state index in [2.05, 4.69) is 22.4 Å². The Morgan fingerprint density at radius 3 is 2.85 bits per heavy atom. The number of para-hydroxylation sites is 1. The van der Waals surface area contributed by atoms with Gasteiger partial charge in [0.2, 0.25) is 5.91 Å². The van der Waals surface area contributed by atoms with Gasteiger partial charge >= 0.3 is 0 Å². The number of benzene rings is 1. The van der Waals surface area contributed by atoms with E-state index in [4.69, 9.17) is 0 Å². The van der Waals surface area contributed by atoms with Crippen LogP contribution in [-0.2, 0) is 11.2 Å². The van der Waals surface area contributed by atoms with Gasteiger partial charge in [-0.3, -0.25) is 4.79 Å². The van der Waals surface area contributed by atoms with Crippen LogP contribution in [0.2, 0.25) is 0 Å². The highest BCUT2D eigenvalue weighted by Gasteiger charge is 2.23. The number of piperidine rings is 1. The molecule has 1 N–H and O–H groups in total. The van der Waals surface area contributed by atoms with Gasteiger partial charge in [0.05, 0.1) is 5.69 Å². The summed E-state index contributed by atoms with van der Waals surface area (Å²) in [5, 5.41) is 3.55. The van der Waals surface area contributed by atoms with Crippen LogP contribution >= 0.6 is 0 Å². The molecule has 0 spiro atoms. The minimum Gasteiger partial charge on any atom is -0.381 e. The Balaban J connectivity index is 1.32. The number of nitrogens with one attached hydrogen (secondary N) is 1. The Morgan fingerprint density at radius 2 is 2.00 bits per heavy atom. The molecule has 2 aromatic heterocycles. The van der Waals surface area contributed by atoms with Crippen molar-refractivity contribution in [2.24, 2.45) is 0 Å². The minimum absolute atomic E-state index is 0.224. The first-order chi connectivity index (χ1) is 12.8. The number of imidazole rings is 1. The van der Waals surface area contributed by atoms with Gasteiger partial charge in [-0.2, -0.15) is 0 Å². The Morgan fingerprint density at radius 1 is 1.15 bits per heavy atom. The van der Waals surface area contributed by atoms with E-state index in [1.165, 1.54) is 0 Å². The highest BCUT2D eigenvalue weighted by atomic mass is 16.2. The predicted molar refractivity (Wildman–Crippen MR) is 103 cm³/mol. The molecule has 1 unspecified atom stereocenters. The zero-order chi connectivity index (χ0) is 17.8. The van der Waals surface area contributed by atoms with Crippen molar-refractivity contribution < 1.29 is 4.79 Å². The second kappa shape index (κ2) is 7.60. The van der Waals surface area contributed by atoms with Crippen molar-refractivity contribution in [1.29, 1.82) is 0 Å². The molecule has 0 aliphatic carbocycles. The molecule has 0 saturated carbocycles. The van der Waals surface area contributed by atoms with Gasteiger partial charge in [0, 0.05) is 43.6 Å². The standard InChI is InChI=1S/C21H24N4O/c26-21(12-11-19-15-24-13-5-4-10-20(24)23-19)25-14-6-9-18(16-25)22-17-7-2-1-3-8-17/h1-5,7-8,10,13,15,18,22H,6,9,11-12,14,16H2. The van der Waals surface area contributed by atoms with Crippen LogP contribution in [0.25, 0.3) is 5.65 Å². The number of hydrogen-bond donors (Lipinski definition) is 1. The fourth-order valence-corrected chi connectivity index (χ4v) is 3.59. The van der Waals surface area contributed by atoms with Gasteiger partial charge in [0.15, 0.2) is 0 Å². The molecule has 0 radical (unpaired) electrons. The molecule has 1 aliphatic heterocycles. The number of aromatic nitrogens is 2. The van der Waals surface area contributed by atoms with Gasteiger partial charge in [-0.05, 0) is 43.5 Å². The average Bonchev–Trinajstić information content (AvgIpc) is 3.10. The lowest BCUT2D eigenvalue weighted by Crippen LogP contribution is -2.45. The van der Waals surface area contributed by atoms with Crippen LogP contribution in [-0.4, -0.2) is 39.3 Å². The molecule has 3 aromatic rings. The van der Waals surface area contributed by atoms with Gasteiger partial charge in [0.1, 0.15) is 5.65 Å². The van der Waals surface area contributed by atoms with Gasteiger partial charge in [-0.25, -0.2) is 4.98 Å². The number of carbonyl (C=O) groups excluding carboxylic acids is 1. The fraction of sp³-hybridized carbons (Fsp3) is 0.333. The van der Waals surface area contributed by atoms with Crippen LogP contribution in [0.5, 0.6) is 0 Å². The maximum Gasteiger partial charge on any atom is 0.223 e. The number of aryl methyl sites for hydroxylation is 1. The molecule has 1 fully saturated rings. The van der Waals surface area contributed by atoms with Crippen LogP contribution in [0, 0.1) is 0 Å². The molecule has 26 heavy (non-hydrogen) atoms. The Hall–Kier alpha value is -2.82. The van der Waals surface area contributed by atoms with Crippen LogP contribution < -0.4 is 5.32 Å². The topological polar surface area (TPSA) is 49.6 Å². The third kappa shape index (κ3) is 3.87. The SMILES string of the molecule is O=C(CCc1cn2ccccc2n1)N1CCCC(Nc2ccccc2)C1. The maximum absolute atomic E-state index is 12.6. The van der Waals surface area contributed by atoms with Crippen molar-refractivity contribution in [3.05, 3.63) is 66.6 Å². The summed E-state index contributed by atoms with van der Waals surface area (Å²) in [7, 11) is 0. The number of likely N-dealkylation sites (tertiary alicyclic amines) is 1. The minimum atomic E-state index is 0.224. The van der Waals surface area contributed by atoms with Gasteiger partial charge < -0.3 is 14.6 Å². The molecular formula is C21H24N4O. The first-order valence-electron chi connectivity index (χ1n) is 9.30. The van der Waals surface area contributed by atoms with Crippen LogP contribution in [0.4, 0.5) is 5.69 Å². The number of nitrogens with zero attached hydrogens (tertiary/aromatic N) is 3. The third-order valence-electron chi connectivity index (χ3n) is 4.93. The smallest absolute Gasteiger partial charge is 0.223 e. The Bertz CT molecular complexity index is 841. The molecule has 134 valence electrons. The zero-order valence-corrected chi connectivity index (χ0v) is 14.8. The van der Waals surface area contributed by atoms with Crippen molar-refractivity contribution >= 4 is 17.2 Å². The largest absolute Gasteiger partial charge is 0.381 e. The molecular weight excluding hydrogens is 324 g/mol. The lowest BCUT2D eigenvalue weighted by molar-refractivity contribution is -0.132. The summed E-state index contributed by atoms with van der Waals surface area (Å²) >= 11 is 0. The van der Waals surface area contributed by atoms with Crippen LogP contribution in [0.15, 0.2) is 60.9 Å². The van der Waals surface area contributed by atoms with Crippen molar-refractivity contribution in [2.75, 3.05) is 18.4 Å². The Labute approximate surface area is 153 Å². The van der Waals surface area contributed by atoms with Crippen molar-refractivity contribution in [2.45, 2.75) is 31.7 Å². The lowest BCUT2D eigenvalue weighted by atomic mass is 10.0. The molecule has 0 bridgehead atoms. The molecule has 5 heteroatoms. The van der Waals surface area contributed by atoms with E-state index in [1.807, 2.05) is 58.1 Å². The summed E-state index contributed by atoms with van der Waals surface area (Å²) in [6, 6.07) is 16.5. The normalized spacial score (nSPS) is 17.4. The summed E-state index contributed by atoms with van der Waals surface area (Å²) in [6.07, 6.45) is 7.35. The number of pyridine rings is 1. The molecule has 1 aliphatic rings. The number of rotatable bonds is 5. The van der Waals surface area contributed by atoms with E-state index in [0.29, 0.717) is 18.9 Å². The summed E-state index contributed by atoms with van der Waals surface area (Å²) in [6.45, 7) is 1.63. The first kappa shape index (κ1) is 16.6. The number of fused-ring (bicyclic) bond motifs is 1. The van der Waals surface area contributed by atoms with E-state index in [-0.39, 0.29) is 5.91 Å². The zero-order valence-electron chi connectivity index (χ0n) is 14.8. The monoisotopic (exact) mass is 348 g/mol. The highest BCUT2D eigenvalue weighted by Crippen LogP contribution is 2.17. The third-order valence-corrected chi connectivity index (χ3v) is 4.93. The second-order valence-corrected chi connectivity index (χ2v) is 6.89. The van der Waals surface area contributed by atoms with E-state index in [1.54, 1.807) is 0 Å². The quantitative estimate of drug-likeness (QED) is 0.769. The first-order valence-corrected chi connectivity index (χ1v) is 9.30. The maximum atomic E-state index is 12.6. The summed E-state index contributed by atoms with van der Waals surface area (Å²) < 4.78 is 2.00. The molecule has 5 nitrogen and oxygen atoms in total. The van der Waals surface area contributed by atoms with Crippen LogP contribution in [0.1, 0.15) is 25.0 Å². The molecule has 1 saturated heterocycles. The van der Waals surface area contributed by atoms with Gasteiger partial charge in [0.25, 0.3) is 0 Å². The predicted octanol–water partition coefficient (Wildman–Crippen LogP) is 3.37. The highest BCUT2D eigenvalue weighted by molar-refractivity contribution is 5.76. The van der Waals surface area contributed by atoms with E-state index < -0.39 is 0 Å². The summed E-state index contributed by atoms with van der Waals surface area (Å²) in [4.78, 5) is 19.2. The van der Waals surface area contributed by atoms with E-state index >= 15 is 0 Å². The fourth-order valence-electron chi connectivity index (χ4n) is 3.59. The lowest BCUT2D eigenvalue weighted by Gasteiger charge is -2.33. The van der Waals surface area contributed by atoms with Crippen molar-refractivity contribution in [3.63, 3.8) is 0 Å². The van der Waals surface area contributed by atoms with Crippen molar-refractivity contribution in [1.82, 2.24) is 14.3 Å². The number of hydrogen-bond acceptors (Lipinski definition) is 3. The molecule has 1 aromatic carbocycles. The van der Waals surface area contributed by atoms with Gasteiger partial charge in [-0.15, -0.1) is 0 Å². The van der Waals surface area contributed by atoms with E-state index in [9.17, 15) is 4.79 Å². The van der Waals surface area contributed by atoms with Crippen LogP contribution in [0.3, 0.4) is 0 Å². The second-order valence-electron chi connectivity index (χ2n) is 6.89. The molecule has 1 amide bonds. The summed E-state index contributed by atoms with van der Waals surface area (Å²) in [5.41, 5.74) is 3.03. The Kier molecular flexibility index (Phi) is 4.86. The summed E-state index contributed by atoms with van der Waals surface area (Å²) in [5.74, 6) is 0.224. The average molecular weight is 348 g/mol. The van der Waals surface area contributed by atoms with E-state index in [0.717, 1.165) is 43.0 Å². The molecule has 4 rings (SSSR count). The van der Waals surface area contributed by atoms with Crippen molar-refractivity contribution in [3.8, 4) is 0 Å². The van der Waals surface area contributed by atoms with Gasteiger partial charge in [-0.1, -0.05) is 24.3 Å². The molecule has 1 atom stereocenters.